The van der Waals surface area contributed by atoms with Crippen molar-refractivity contribution in [1.82, 2.24) is 14.7 Å². The molecular weight excluding hydrogens is 478 g/mol. The SMILES string of the molecule is C=CC(=O)N1CCC(Nc2ccc3c(C)n(CCO)nc3c2)(c2c(F)ccc(Cl)c2Cl)C1.CC. The van der Waals surface area contributed by atoms with Crippen molar-refractivity contribution >= 4 is 45.7 Å². The lowest BCUT2D eigenvalue weighted by Crippen LogP contribution is -2.41. The molecule has 1 amide bonds. The summed E-state index contributed by atoms with van der Waals surface area (Å²) in [6.07, 6.45) is 1.67. The first kappa shape index (κ1) is 26.0. The highest BCUT2D eigenvalue weighted by Gasteiger charge is 2.44. The van der Waals surface area contributed by atoms with Crippen molar-refractivity contribution in [3.8, 4) is 0 Å². The van der Waals surface area contributed by atoms with Gasteiger partial charge in [0.1, 0.15) is 5.82 Å². The highest BCUT2D eigenvalue weighted by Crippen LogP contribution is 2.43. The molecule has 0 spiro atoms. The average Bonchev–Trinajstić information content (AvgIpc) is 3.39. The lowest BCUT2D eigenvalue weighted by molar-refractivity contribution is -0.125. The van der Waals surface area contributed by atoms with E-state index in [9.17, 15) is 9.90 Å². The number of anilines is 1. The molecule has 6 nitrogen and oxygen atoms in total. The number of fused-ring (bicyclic) bond motifs is 1. The average molecular weight is 507 g/mol. The topological polar surface area (TPSA) is 70.4 Å². The van der Waals surface area contributed by atoms with Crippen LogP contribution in [0.25, 0.3) is 10.9 Å². The Kier molecular flexibility index (Phi) is 8.23. The first-order chi connectivity index (χ1) is 16.3. The van der Waals surface area contributed by atoms with Gasteiger partial charge in [0, 0.05) is 35.4 Å². The molecule has 0 radical (unpaired) electrons. The summed E-state index contributed by atoms with van der Waals surface area (Å²) in [5.41, 5.74) is 1.64. The number of halogens is 3. The molecule has 34 heavy (non-hydrogen) atoms. The molecule has 1 aliphatic rings. The largest absolute Gasteiger partial charge is 0.394 e. The standard InChI is InChI=1S/C23H23Cl2FN4O2.C2H6/c1-3-20(32)29-9-8-23(13-29,21-18(26)7-6-17(24)22(21)25)27-15-4-5-16-14(2)30(10-11-31)28-19(16)12-15;1-2/h3-7,12,27,31H,1,8-11,13H2,2H3;1-2H3. The number of aryl methyl sites for hydroxylation is 1. The molecular formula is C25H29Cl2FN4O2. The van der Waals surface area contributed by atoms with E-state index in [1.807, 2.05) is 39.0 Å². The second-order valence-electron chi connectivity index (χ2n) is 7.90. The Morgan fingerprint density at radius 1 is 1.32 bits per heavy atom. The monoisotopic (exact) mass is 506 g/mol. The number of amides is 1. The lowest BCUT2D eigenvalue weighted by Gasteiger charge is -2.33. The Hall–Kier alpha value is -2.61. The molecule has 3 aromatic rings. The minimum absolute atomic E-state index is 0.0112. The Morgan fingerprint density at radius 2 is 2.06 bits per heavy atom. The number of hydrogen-bond acceptors (Lipinski definition) is 4. The minimum Gasteiger partial charge on any atom is -0.394 e. The van der Waals surface area contributed by atoms with Crippen molar-refractivity contribution in [2.45, 2.75) is 39.3 Å². The van der Waals surface area contributed by atoms with Gasteiger partial charge >= 0.3 is 0 Å². The highest BCUT2D eigenvalue weighted by molar-refractivity contribution is 6.42. The number of aromatic nitrogens is 2. The predicted molar refractivity (Wildman–Crippen MR) is 136 cm³/mol. The van der Waals surface area contributed by atoms with Gasteiger partial charge in [0.2, 0.25) is 5.91 Å². The van der Waals surface area contributed by atoms with Crippen LogP contribution in [0.15, 0.2) is 43.0 Å². The number of benzene rings is 2. The van der Waals surface area contributed by atoms with Crippen molar-refractivity contribution in [3.63, 3.8) is 0 Å². The van der Waals surface area contributed by atoms with Gasteiger partial charge in [-0.3, -0.25) is 9.48 Å². The maximum atomic E-state index is 15.1. The molecule has 1 aliphatic heterocycles. The summed E-state index contributed by atoms with van der Waals surface area (Å²) >= 11 is 12.7. The summed E-state index contributed by atoms with van der Waals surface area (Å²) < 4.78 is 16.8. The molecule has 0 aliphatic carbocycles. The Labute approximate surface area is 209 Å². The third-order valence-corrected chi connectivity index (χ3v) is 6.78. The van der Waals surface area contributed by atoms with Gasteiger partial charge in [0.15, 0.2) is 0 Å². The zero-order valence-corrected chi connectivity index (χ0v) is 21.0. The van der Waals surface area contributed by atoms with E-state index in [-0.39, 0.29) is 34.7 Å². The highest BCUT2D eigenvalue weighted by atomic mass is 35.5. The molecule has 0 bridgehead atoms. The van der Waals surface area contributed by atoms with Crippen molar-refractivity contribution in [1.29, 1.82) is 0 Å². The molecule has 2 aromatic carbocycles. The summed E-state index contributed by atoms with van der Waals surface area (Å²) in [6, 6.07) is 8.39. The van der Waals surface area contributed by atoms with Crippen molar-refractivity contribution in [2.75, 3.05) is 25.0 Å². The Balaban J connectivity index is 0.00000158. The first-order valence-electron chi connectivity index (χ1n) is 11.2. The number of nitrogens with zero attached hydrogens (tertiary/aromatic N) is 3. The second kappa shape index (κ2) is 10.8. The first-order valence-corrected chi connectivity index (χ1v) is 12.0. The van der Waals surface area contributed by atoms with E-state index in [2.05, 4.69) is 17.0 Å². The van der Waals surface area contributed by atoms with Crippen LogP contribution in [0.2, 0.25) is 10.0 Å². The quantitative estimate of drug-likeness (QED) is 0.340. The number of carbonyl (C=O) groups is 1. The zero-order chi connectivity index (χ0) is 25.0. The molecule has 1 fully saturated rings. The molecule has 2 heterocycles. The fraction of sp³-hybridized carbons (Fsp3) is 0.360. The van der Waals surface area contributed by atoms with Gasteiger partial charge < -0.3 is 15.3 Å². The molecule has 9 heteroatoms. The molecule has 4 rings (SSSR count). The summed E-state index contributed by atoms with van der Waals surface area (Å²) in [5.74, 6) is -0.731. The van der Waals surface area contributed by atoms with Gasteiger partial charge in [-0.15, -0.1) is 0 Å². The third-order valence-electron chi connectivity index (χ3n) is 5.98. The fourth-order valence-electron chi connectivity index (χ4n) is 4.39. The van der Waals surface area contributed by atoms with Crippen molar-refractivity contribution in [2.24, 2.45) is 0 Å². The molecule has 1 saturated heterocycles. The Morgan fingerprint density at radius 3 is 2.74 bits per heavy atom. The van der Waals surface area contributed by atoms with Crippen molar-refractivity contribution in [3.05, 3.63) is 70.1 Å². The van der Waals surface area contributed by atoms with E-state index in [4.69, 9.17) is 23.2 Å². The van der Waals surface area contributed by atoms with Crippen LogP contribution in [0.4, 0.5) is 10.1 Å². The predicted octanol–water partition coefficient (Wildman–Crippen LogP) is 5.53. The van der Waals surface area contributed by atoms with E-state index in [1.165, 1.54) is 18.2 Å². The van der Waals surface area contributed by atoms with E-state index in [0.717, 1.165) is 16.6 Å². The van der Waals surface area contributed by atoms with E-state index >= 15 is 4.39 Å². The van der Waals surface area contributed by atoms with Crippen LogP contribution >= 0.6 is 23.2 Å². The van der Waals surface area contributed by atoms with Crippen LogP contribution in [0, 0.1) is 12.7 Å². The molecule has 0 saturated carbocycles. The summed E-state index contributed by atoms with van der Waals surface area (Å²) in [7, 11) is 0. The normalized spacial score (nSPS) is 17.4. The molecule has 1 unspecified atom stereocenters. The van der Waals surface area contributed by atoms with Crippen LogP contribution in [-0.2, 0) is 16.9 Å². The van der Waals surface area contributed by atoms with E-state index in [1.54, 1.807) is 9.58 Å². The fourth-order valence-corrected chi connectivity index (χ4v) is 4.88. The van der Waals surface area contributed by atoms with Gasteiger partial charge in [0.25, 0.3) is 0 Å². The Bertz CT molecular complexity index is 1210. The van der Waals surface area contributed by atoms with Gasteiger partial charge in [-0.2, -0.15) is 5.10 Å². The number of carbonyl (C=O) groups excluding carboxylic acids is 1. The smallest absolute Gasteiger partial charge is 0.246 e. The summed E-state index contributed by atoms with van der Waals surface area (Å²) in [6.45, 7) is 10.5. The van der Waals surface area contributed by atoms with E-state index < -0.39 is 11.4 Å². The van der Waals surface area contributed by atoms with E-state index in [0.29, 0.717) is 25.2 Å². The van der Waals surface area contributed by atoms with Crippen LogP contribution in [0.1, 0.15) is 31.5 Å². The maximum absolute atomic E-state index is 15.1. The van der Waals surface area contributed by atoms with Crippen LogP contribution < -0.4 is 5.32 Å². The molecule has 182 valence electrons. The number of nitrogens with one attached hydrogen (secondary N) is 1. The zero-order valence-electron chi connectivity index (χ0n) is 19.5. The molecule has 2 N–H and O–H groups in total. The minimum atomic E-state index is -0.985. The molecule has 1 aromatic heterocycles. The second-order valence-corrected chi connectivity index (χ2v) is 8.69. The van der Waals surface area contributed by atoms with Gasteiger partial charge in [0.05, 0.1) is 34.3 Å². The number of aliphatic hydroxyl groups is 1. The molecule has 1 atom stereocenters. The number of rotatable bonds is 6. The van der Waals surface area contributed by atoms with Crippen LogP contribution in [-0.4, -0.2) is 45.4 Å². The lowest BCUT2D eigenvalue weighted by atomic mass is 9.87. The third kappa shape index (κ3) is 4.78. The van der Waals surface area contributed by atoms with Crippen LogP contribution in [0.3, 0.4) is 0 Å². The number of hydrogen-bond donors (Lipinski definition) is 2. The number of aliphatic hydroxyl groups excluding tert-OH is 1. The van der Waals surface area contributed by atoms with Gasteiger partial charge in [-0.1, -0.05) is 43.6 Å². The van der Waals surface area contributed by atoms with Gasteiger partial charge in [-0.05, 0) is 49.8 Å². The number of likely N-dealkylation sites (tertiary alicyclic amines) is 1. The summed E-state index contributed by atoms with van der Waals surface area (Å²) in [4.78, 5) is 13.9. The van der Waals surface area contributed by atoms with Crippen LogP contribution in [0.5, 0.6) is 0 Å². The van der Waals surface area contributed by atoms with Crippen molar-refractivity contribution < 1.29 is 14.3 Å². The maximum Gasteiger partial charge on any atom is 0.246 e. The summed E-state index contributed by atoms with van der Waals surface area (Å²) in [5, 5.41) is 18.6. The van der Waals surface area contributed by atoms with Gasteiger partial charge in [-0.25, -0.2) is 4.39 Å².